The van der Waals surface area contributed by atoms with E-state index in [0.717, 1.165) is 5.56 Å². The Morgan fingerprint density at radius 1 is 1.25 bits per heavy atom. The first-order valence-corrected chi connectivity index (χ1v) is 7.84. The Labute approximate surface area is 140 Å². The van der Waals surface area contributed by atoms with Gasteiger partial charge in [-0.1, -0.05) is 30.3 Å². The number of hydrogen-bond donors (Lipinski definition) is 1. The zero-order valence-electron chi connectivity index (χ0n) is 13.9. The Bertz CT molecular complexity index is 574. The topological polar surface area (TPSA) is 83.5 Å². The molecule has 0 aliphatic carbocycles. The molecular weight excluding hydrogens is 316 g/mol. The lowest BCUT2D eigenvalue weighted by Crippen LogP contribution is -2.59. The van der Waals surface area contributed by atoms with Gasteiger partial charge in [-0.05, 0) is 19.4 Å². The molecule has 2 aliphatic heterocycles. The van der Waals surface area contributed by atoms with Crippen LogP contribution in [0.2, 0.25) is 0 Å². The zero-order valence-corrected chi connectivity index (χ0v) is 13.9. The fourth-order valence-electron chi connectivity index (χ4n) is 2.95. The smallest absolute Gasteiger partial charge is 0.337 e. The number of fused-ring (bicyclic) bond motifs is 1. The monoisotopic (exact) mass is 338 g/mol. The molecule has 5 atom stereocenters. The maximum absolute atomic E-state index is 11.9. The van der Waals surface area contributed by atoms with Gasteiger partial charge in [-0.2, -0.15) is 0 Å². The van der Waals surface area contributed by atoms with E-state index in [1.807, 2.05) is 30.3 Å². The Morgan fingerprint density at radius 3 is 2.62 bits per heavy atom. The highest BCUT2D eigenvalue weighted by Crippen LogP contribution is 2.38. The minimum Gasteiger partial charge on any atom is -0.467 e. The van der Waals surface area contributed by atoms with Crippen molar-refractivity contribution in [3.63, 3.8) is 0 Å². The molecule has 7 nitrogen and oxygen atoms in total. The number of hydrogen-bond acceptors (Lipinski definition) is 7. The van der Waals surface area contributed by atoms with Crippen LogP contribution >= 0.6 is 0 Å². The summed E-state index contributed by atoms with van der Waals surface area (Å²) in [5.41, 5.74) is 0.945. The van der Waals surface area contributed by atoms with Crippen LogP contribution in [0.1, 0.15) is 19.4 Å². The number of aliphatic hydroxyl groups is 1. The molecule has 0 aromatic heterocycles. The van der Waals surface area contributed by atoms with Crippen LogP contribution in [0.5, 0.6) is 0 Å². The average molecular weight is 338 g/mol. The van der Waals surface area contributed by atoms with E-state index in [0.29, 0.717) is 0 Å². The van der Waals surface area contributed by atoms with Crippen molar-refractivity contribution >= 4 is 5.97 Å². The van der Waals surface area contributed by atoms with Gasteiger partial charge in [0, 0.05) is 0 Å². The number of methoxy groups -OCH3 is 1. The maximum atomic E-state index is 11.9. The van der Waals surface area contributed by atoms with Crippen molar-refractivity contribution in [2.75, 3.05) is 7.11 Å². The number of aliphatic hydroxyl groups excluding tert-OH is 1. The molecule has 132 valence electrons. The normalized spacial score (nSPS) is 34.6. The summed E-state index contributed by atoms with van der Waals surface area (Å²) in [5.74, 6) is -1.57. The van der Waals surface area contributed by atoms with Crippen LogP contribution in [-0.4, -0.2) is 54.7 Å². The Kier molecular flexibility index (Phi) is 4.89. The number of carbonyl (C=O) groups is 1. The summed E-state index contributed by atoms with van der Waals surface area (Å²) in [6.45, 7) is 3.74. The summed E-state index contributed by atoms with van der Waals surface area (Å²) in [5, 5.41) is 10.5. The Morgan fingerprint density at radius 2 is 1.96 bits per heavy atom. The van der Waals surface area contributed by atoms with E-state index in [2.05, 4.69) is 0 Å². The van der Waals surface area contributed by atoms with Crippen molar-refractivity contribution in [1.82, 2.24) is 0 Å². The summed E-state index contributed by atoms with van der Waals surface area (Å²) >= 11 is 0. The van der Waals surface area contributed by atoms with E-state index >= 15 is 0 Å². The molecule has 2 unspecified atom stereocenters. The standard InChI is InChI=1S/C17H22O7/c1-17(2)23-14-12(21-9-10-7-5-4-6-8-10)11(18)13(15(19)20-3)22-16(14)24-17/h4-8,11-14,16,18H,9H2,1-3H3/t11-,12-,13?,14?,16+/m1/s1. The highest BCUT2D eigenvalue weighted by atomic mass is 16.8. The number of carbonyl (C=O) groups excluding carboxylic acids is 1. The number of esters is 1. The van der Waals surface area contributed by atoms with Crippen molar-refractivity contribution in [3.05, 3.63) is 35.9 Å². The van der Waals surface area contributed by atoms with Crippen LogP contribution in [0.3, 0.4) is 0 Å². The predicted octanol–water partition coefficient (Wildman–Crippen LogP) is 0.982. The zero-order chi connectivity index (χ0) is 17.3. The van der Waals surface area contributed by atoms with E-state index in [1.54, 1.807) is 13.8 Å². The Balaban J connectivity index is 1.78. The minimum atomic E-state index is -1.22. The van der Waals surface area contributed by atoms with Crippen molar-refractivity contribution in [2.45, 2.75) is 56.9 Å². The quantitative estimate of drug-likeness (QED) is 0.819. The lowest BCUT2D eigenvalue weighted by Gasteiger charge is -2.38. The van der Waals surface area contributed by atoms with E-state index in [-0.39, 0.29) is 6.61 Å². The lowest BCUT2D eigenvalue weighted by atomic mass is 9.98. The fraction of sp³-hybridized carbons (Fsp3) is 0.588. The molecule has 1 N–H and O–H groups in total. The van der Waals surface area contributed by atoms with Crippen LogP contribution in [-0.2, 0) is 35.1 Å². The molecule has 0 amide bonds. The molecule has 2 saturated heterocycles. The first kappa shape index (κ1) is 17.3. The van der Waals surface area contributed by atoms with Gasteiger partial charge in [0.15, 0.2) is 18.2 Å². The van der Waals surface area contributed by atoms with E-state index in [9.17, 15) is 9.90 Å². The van der Waals surface area contributed by atoms with Gasteiger partial charge in [0.05, 0.1) is 13.7 Å². The number of benzene rings is 1. The highest BCUT2D eigenvalue weighted by molar-refractivity contribution is 5.75. The first-order valence-electron chi connectivity index (χ1n) is 7.84. The van der Waals surface area contributed by atoms with E-state index in [4.69, 9.17) is 23.7 Å². The molecule has 2 aliphatic rings. The van der Waals surface area contributed by atoms with Gasteiger partial charge in [-0.3, -0.25) is 0 Å². The molecule has 2 fully saturated rings. The molecular formula is C17H22O7. The Hall–Kier alpha value is -1.51. The second kappa shape index (κ2) is 6.78. The van der Waals surface area contributed by atoms with Crippen LogP contribution in [0.4, 0.5) is 0 Å². The molecule has 1 aromatic carbocycles. The van der Waals surface area contributed by atoms with Crippen molar-refractivity contribution < 1.29 is 33.6 Å². The maximum Gasteiger partial charge on any atom is 0.337 e. The number of rotatable bonds is 4. The van der Waals surface area contributed by atoms with Crippen LogP contribution in [0.15, 0.2) is 30.3 Å². The summed E-state index contributed by atoms with van der Waals surface area (Å²) in [7, 11) is 1.24. The molecule has 0 radical (unpaired) electrons. The molecule has 1 aromatic rings. The summed E-state index contributed by atoms with van der Waals surface area (Å²) in [4.78, 5) is 11.9. The molecule has 0 spiro atoms. The van der Waals surface area contributed by atoms with Crippen LogP contribution < -0.4 is 0 Å². The van der Waals surface area contributed by atoms with Gasteiger partial charge in [0.25, 0.3) is 0 Å². The third kappa shape index (κ3) is 3.45. The van der Waals surface area contributed by atoms with Gasteiger partial charge in [0.2, 0.25) is 0 Å². The molecule has 7 heteroatoms. The molecule has 2 heterocycles. The second-order valence-electron chi connectivity index (χ2n) is 6.30. The van der Waals surface area contributed by atoms with Crippen molar-refractivity contribution in [3.8, 4) is 0 Å². The summed E-state index contributed by atoms with van der Waals surface area (Å²) < 4.78 is 27.6. The summed E-state index contributed by atoms with van der Waals surface area (Å²) in [6.07, 6.45) is -4.64. The van der Waals surface area contributed by atoms with Gasteiger partial charge >= 0.3 is 5.97 Å². The van der Waals surface area contributed by atoms with Gasteiger partial charge < -0.3 is 28.8 Å². The lowest BCUT2D eigenvalue weighted by molar-refractivity contribution is -0.260. The van der Waals surface area contributed by atoms with Crippen molar-refractivity contribution in [2.24, 2.45) is 0 Å². The van der Waals surface area contributed by atoms with E-state index < -0.39 is 42.5 Å². The first-order chi connectivity index (χ1) is 11.4. The fourth-order valence-corrected chi connectivity index (χ4v) is 2.95. The third-order valence-corrected chi connectivity index (χ3v) is 4.06. The van der Waals surface area contributed by atoms with Gasteiger partial charge in [-0.25, -0.2) is 4.79 Å². The van der Waals surface area contributed by atoms with E-state index in [1.165, 1.54) is 7.11 Å². The predicted molar refractivity (Wildman–Crippen MR) is 81.7 cm³/mol. The number of ether oxygens (including phenoxy) is 5. The summed E-state index contributed by atoms with van der Waals surface area (Å²) in [6, 6.07) is 9.54. The molecule has 24 heavy (non-hydrogen) atoms. The SMILES string of the molecule is COC(=O)C1O[C@H]2OC(C)(C)OC2[C@H](OCc2ccccc2)[C@H]1O. The van der Waals surface area contributed by atoms with Gasteiger partial charge in [0.1, 0.15) is 18.3 Å². The highest BCUT2D eigenvalue weighted by Gasteiger charge is 2.56. The molecule has 0 saturated carbocycles. The van der Waals surface area contributed by atoms with Gasteiger partial charge in [-0.15, -0.1) is 0 Å². The largest absolute Gasteiger partial charge is 0.467 e. The van der Waals surface area contributed by atoms with Crippen molar-refractivity contribution in [1.29, 1.82) is 0 Å². The third-order valence-electron chi connectivity index (χ3n) is 4.06. The van der Waals surface area contributed by atoms with Crippen LogP contribution in [0.25, 0.3) is 0 Å². The van der Waals surface area contributed by atoms with Crippen LogP contribution in [0, 0.1) is 0 Å². The minimum absolute atomic E-state index is 0.267. The second-order valence-corrected chi connectivity index (χ2v) is 6.30. The molecule has 3 rings (SSSR count). The average Bonchev–Trinajstić information content (AvgIpc) is 2.87. The molecule has 0 bridgehead atoms.